The number of aromatic nitrogens is 1. The Hall–Kier alpha value is -4.54. The third kappa shape index (κ3) is 4.98. The van der Waals surface area contributed by atoms with E-state index in [9.17, 15) is 9.59 Å². The number of piperazine rings is 1. The second-order valence-corrected chi connectivity index (χ2v) is 12.2. The number of ether oxygens (including phenoxy) is 4. The van der Waals surface area contributed by atoms with Crippen LogP contribution in [0, 0.1) is 0 Å². The summed E-state index contributed by atoms with van der Waals surface area (Å²) in [7, 11) is 1.66. The van der Waals surface area contributed by atoms with E-state index in [0.717, 1.165) is 65.1 Å². The quantitative estimate of drug-likeness (QED) is 0.304. The molecule has 10 nitrogen and oxygen atoms in total. The first kappa shape index (κ1) is 28.0. The van der Waals surface area contributed by atoms with Crippen molar-refractivity contribution >= 4 is 22.7 Å². The SMILES string of the molecule is COCCOc1cccc(CN2CC[C@@H](N3CC(=O)N4[C@H](c5ccc6c(c5)OCO6)c5[nH]c6ccccc6c5C[C@@H]4C3=O)C2)c1. The Kier molecular flexibility index (Phi) is 7.10. The van der Waals surface area contributed by atoms with Crippen molar-refractivity contribution in [2.45, 2.75) is 37.5 Å². The van der Waals surface area contributed by atoms with Crippen molar-refractivity contribution in [3.8, 4) is 17.2 Å². The van der Waals surface area contributed by atoms with Crippen LogP contribution in [0.2, 0.25) is 0 Å². The van der Waals surface area contributed by atoms with Gasteiger partial charge in [0.2, 0.25) is 18.6 Å². The molecule has 0 aliphatic carbocycles. The van der Waals surface area contributed by atoms with Crippen LogP contribution in [-0.2, 0) is 27.3 Å². The first-order chi connectivity index (χ1) is 22.1. The van der Waals surface area contributed by atoms with Gasteiger partial charge in [-0.2, -0.15) is 0 Å². The second-order valence-electron chi connectivity index (χ2n) is 12.2. The van der Waals surface area contributed by atoms with E-state index in [-0.39, 0.29) is 31.2 Å². The molecule has 0 bridgehead atoms. The Morgan fingerprint density at radius 3 is 2.78 bits per heavy atom. The summed E-state index contributed by atoms with van der Waals surface area (Å²) in [6.45, 7) is 3.64. The molecule has 4 aromatic rings. The molecule has 8 rings (SSSR count). The first-order valence-corrected chi connectivity index (χ1v) is 15.6. The molecule has 3 aromatic carbocycles. The van der Waals surface area contributed by atoms with Crippen LogP contribution < -0.4 is 14.2 Å². The highest BCUT2D eigenvalue weighted by Gasteiger charge is 2.50. The highest BCUT2D eigenvalue weighted by atomic mass is 16.7. The lowest BCUT2D eigenvalue weighted by Crippen LogP contribution is -2.65. The fourth-order valence-electron chi connectivity index (χ4n) is 7.47. The lowest BCUT2D eigenvalue weighted by molar-refractivity contribution is -0.160. The van der Waals surface area contributed by atoms with E-state index in [1.807, 2.05) is 58.3 Å². The van der Waals surface area contributed by atoms with Gasteiger partial charge in [-0.25, -0.2) is 0 Å². The van der Waals surface area contributed by atoms with E-state index in [2.05, 4.69) is 28.1 Å². The largest absolute Gasteiger partial charge is 0.491 e. The number of amides is 2. The minimum Gasteiger partial charge on any atom is -0.491 e. The monoisotopic (exact) mass is 608 g/mol. The highest BCUT2D eigenvalue weighted by molar-refractivity contribution is 5.98. The van der Waals surface area contributed by atoms with Crippen LogP contribution in [-0.4, -0.2) is 90.3 Å². The van der Waals surface area contributed by atoms with Gasteiger partial charge in [0.25, 0.3) is 0 Å². The molecular formula is C35H36N4O6. The molecule has 2 amide bonds. The number of fused-ring (bicyclic) bond motifs is 5. The number of methoxy groups -OCH3 is 1. The third-order valence-electron chi connectivity index (χ3n) is 9.55. The number of nitrogens with zero attached hydrogens (tertiary/aromatic N) is 3. The summed E-state index contributed by atoms with van der Waals surface area (Å²) in [6.07, 6.45) is 1.31. The maximum atomic E-state index is 14.4. The Balaban J connectivity index is 1.05. The van der Waals surface area contributed by atoms with Crippen LogP contribution in [0.1, 0.15) is 34.8 Å². The number of likely N-dealkylation sites (tertiary alicyclic amines) is 1. The number of nitrogens with one attached hydrogen (secondary N) is 1. The minimum atomic E-state index is -0.580. The van der Waals surface area contributed by atoms with Crippen molar-refractivity contribution in [3.05, 3.63) is 89.1 Å². The Labute approximate surface area is 261 Å². The van der Waals surface area contributed by atoms with Crippen molar-refractivity contribution in [1.29, 1.82) is 0 Å². The molecule has 2 saturated heterocycles. The molecule has 45 heavy (non-hydrogen) atoms. The van der Waals surface area contributed by atoms with Crippen molar-refractivity contribution in [2.75, 3.05) is 46.8 Å². The number of hydrogen-bond donors (Lipinski definition) is 1. The van der Waals surface area contributed by atoms with E-state index in [1.54, 1.807) is 7.11 Å². The van der Waals surface area contributed by atoms with E-state index in [0.29, 0.717) is 31.1 Å². The van der Waals surface area contributed by atoms with E-state index in [1.165, 1.54) is 0 Å². The van der Waals surface area contributed by atoms with Gasteiger partial charge in [-0.15, -0.1) is 0 Å². The Bertz CT molecular complexity index is 1770. The number of carbonyl (C=O) groups is 2. The minimum absolute atomic E-state index is 0.0157. The molecule has 3 atom stereocenters. The molecule has 4 aliphatic heterocycles. The summed E-state index contributed by atoms with van der Waals surface area (Å²) in [5.74, 6) is 2.15. The fraction of sp³-hybridized carbons (Fsp3) is 0.371. The Morgan fingerprint density at radius 1 is 0.978 bits per heavy atom. The number of benzene rings is 3. The van der Waals surface area contributed by atoms with Gasteiger partial charge >= 0.3 is 0 Å². The van der Waals surface area contributed by atoms with Gasteiger partial charge in [0.15, 0.2) is 11.5 Å². The predicted molar refractivity (Wildman–Crippen MR) is 166 cm³/mol. The normalized spacial score (nSPS) is 22.6. The molecular weight excluding hydrogens is 572 g/mol. The summed E-state index contributed by atoms with van der Waals surface area (Å²) >= 11 is 0. The number of H-pyrrole nitrogens is 1. The van der Waals surface area contributed by atoms with Crippen LogP contribution in [0.4, 0.5) is 0 Å². The van der Waals surface area contributed by atoms with Gasteiger partial charge < -0.3 is 33.7 Å². The number of hydrogen-bond acceptors (Lipinski definition) is 7. The number of aromatic amines is 1. The van der Waals surface area contributed by atoms with Crippen LogP contribution >= 0.6 is 0 Å². The maximum Gasteiger partial charge on any atom is 0.246 e. The first-order valence-electron chi connectivity index (χ1n) is 15.6. The maximum absolute atomic E-state index is 14.4. The molecule has 4 aliphatic rings. The molecule has 0 radical (unpaired) electrons. The topological polar surface area (TPSA) is 96.6 Å². The zero-order chi connectivity index (χ0) is 30.5. The van der Waals surface area contributed by atoms with Crippen molar-refractivity contribution in [3.63, 3.8) is 0 Å². The standard InChI is InChI=1S/C35H36N4O6/c1-42-13-14-43-25-6-4-5-22(15-25)18-37-12-11-24(19-37)38-20-32(40)39-29(35(38)41)17-27-26-7-2-3-8-28(26)36-33(27)34(39)23-9-10-30-31(16-23)45-21-44-30/h2-10,15-16,24,29,34,36H,11-14,17-21H2,1H3/t24-,29-,34-/m1/s1. The van der Waals surface area contributed by atoms with Crippen molar-refractivity contribution in [1.82, 2.24) is 19.7 Å². The van der Waals surface area contributed by atoms with Gasteiger partial charge in [-0.05, 0) is 53.4 Å². The molecule has 232 valence electrons. The van der Waals surface area contributed by atoms with E-state index >= 15 is 0 Å². The van der Waals surface area contributed by atoms with Gasteiger partial charge in [0.05, 0.1) is 12.6 Å². The summed E-state index contributed by atoms with van der Waals surface area (Å²) in [4.78, 5) is 38.1. The van der Waals surface area contributed by atoms with Crippen LogP contribution in [0.5, 0.6) is 17.2 Å². The molecule has 1 N–H and O–H groups in total. The predicted octanol–water partition coefficient (Wildman–Crippen LogP) is 3.88. The zero-order valence-corrected chi connectivity index (χ0v) is 25.2. The average Bonchev–Trinajstić information content (AvgIpc) is 3.80. The lowest BCUT2D eigenvalue weighted by Gasteiger charge is -2.48. The van der Waals surface area contributed by atoms with Gasteiger partial charge in [0.1, 0.15) is 24.9 Å². The van der Waals surface area contributed by atoms with Crippen LogP contribution in [0.25, 0.3) is 10.9 Å². The van der Waals surface area contributed by atoms with Crippen molar-refractivity contribution < 1.29 is 28.5 Å². The average molecular weight is 609 g/mol. The molecule has 5 heterocycles. The summed E-state index contributed by atoms with van der Waals surface area (Å²) in [6, 6.07) is 21.1. The molecule has 2 fully saturated rings. The smallest absolute Gasteiger partial charge is 0.246 e. The Morgan fingerprint density at radius 2 is 1.87 bits per heavy atom. The molecule has 0 saturated carbocycles. The fourth-order valence-corrected chi connectivity index (χ4v) is 7.47. The number of rotatable bonds is 8. The van der Waals surface area contributed by atoms with Gasteiger partial charge in [-0.1, -0.05) is 36.4 Å². The third-order valence-corrected chi connectivity index (χ3v) is 9.55. The number of para-hydroxylation sites is 1. The molecule has 10 heteroatoms. The summed E-state index contributed by atoms with van der Waals surface area (Å²) in [5.41, 5.74) is 5.11. The van der Waals surface area contributed by atoms with Crippen molar-refractivity contribution in [2.24, 2.45) is 0 Å². The highest BCUT2D eigenvalue weighted by Crippen LogP contribution is 2.45. The van der Waals surface area contributed by atoms with E-state index < -0.39 is 12.1 Å². The van der Waals surface area contributed by atoms with Gasteiger partial charge in [0, 0.05) is 55.8 Å². The van der Waals surface area contributed by atoms with E-state index in [4.69, 9.17) is 18.9 Å². The lowest BCUT2D eigenvalue weighted by atomic mass is 9.85. The number of carbonyl (C=O) groups excluding carboxylic acids is 2. The molecule has 0 spiro atoms. The molecule has 1 aromatic heterocycles. The second kappa shape index (κ2) is 11.4. The molecule has 0 unspecified atom stereocenters. The van der Waals surface area contributed by atoms with Gasteiger partial charge in [-0.3, -0.25) is 14.5 Å². The summed E-state index contributed by atoms with van der Waals surface area (Å²) < 4.78 is 22.1. The van der Waals surface area contributed by atoms with Crippen LogP contribution in [0.15, 0.2) is 66.7 Å². The summed E-state index contributed by atoms with van der Waals surface area (Å²) in [5, 5.41) is 1.09. The van der Waals surface area contributed by atoms with Crippen LogP contribution in [0.3, 0.4) is 0 Å². The zero-order valence-electron chi connectivity index (χ0n) is 25.2.